The summed E-state index contributed by atoms with van der Waals surface area (Å²) in [6.07, 6.45) is 0. The lowest BCUT2D eigenvalue weighted by Crippen LogP contribution is -2.12. The summed E-state index contributed by atoms with van der Waals surface area (Å²) >= 11 is 0. The van der Waals surface area contributed by atoms with Gasteiger partial charge in [0.1, 0.15) is 17.9 Å². The number of ether oxygens (including phenoxy) is 2. The minimum Gasteiger partial charge on any atom is -0.493 e. The molecule has 0 saturated heterocycles. The van der Waals surface area contributed by atoms with Crippen molar-refractivity contribution in [1.29, 1.82) is 0 Å². The summed E-state index contributed by atoms with van der Waals surface area (Å²) in [7, 11) is 0. The van der Waals surface area contributed by atoms with E-state index in [0.29, 0.717) is 29.1 Å². The second kappa shape index (κ2) is 8.11. The maximum Gasteiger partial charge on any atom is 0.338 e. The SMILES string of the molecule is CCOc1ccc2c(C)cc(=O)oc2c1COC(=O)c1ccc(C(C)(C)C)cc1. The van der Waals surface area contributed by atoms with Crippen LogP contribution in [0.1, 0.15) is 54.7 Å². The molecule has 0 aliphatic rings. The molecule has 0 bridgehead atoms. The van der Waals surface area contributed by atoms with E-state index in [-0.39, 0.29) is 12.0 Å². The van der Waals surface area contributed by atoms with Gasteiger partial charge in [-0.2, -0.15) is 0 Å². The highest BCUT2D eigenvalue weighted by Crippen LogP contribution is 2.30. The van der Waals surface area contributed by atoms with Gasteiger partial charge < -0.3 is 13.9 Å². The molecule has 1 heterocycles. The van der Waals surface area contributed by atoms with E-state index in [0.717, 1.165) is 16.5 Å². The first-order valence-corrected chi connectivity index (χ1v) is 9.67. The molecule has 0 amide bonds. The standard InChI is InChI=1S/C24H26O5/c1-6-27-20-12-11-18-15(2)13-21(25)29-22(18)19(20)14-28-23(26)16-7-9-17(10-8-16)24(3,4)5/h7-13H,6,14H2,1-5H3. The molecule has 29 heavy (non-hydrogen) atoms. The molecule has 0 fully saturated rings. The molecule has 0 atom stereocenters. The normalized spacial score (nSPS) is 11.5. The van der Waals surface area contributed by atoms with Gasteiger partial charge in [0.15, 0.2) is 0 Å². The quantitative estimate of drug-likeness (QED) is 0.442. The van der Waals surface area contributed by atoms with Crippen LogP contribution in [0, 0.1) is 6.92 Å². The van der Waals surface area contributed by atoms with Gasteiger partial charge in [-0.25, -0.2) is 9.59 Å². The Morgan fingerprint density at radius 2 is 1.76 bits per heavy atom. The molecule has 0 radical (unpaired) electrons. The smallest absolute Gasteiger partial charge is 0.338 e. The van der Waals surface area contributed by atoms with E-state index < -0.39 is 11.6 Å². The fraction of sp³-hybridized carbons (Fsp3) is 0.333. The number of esters is 1. The number of carbonyl (C=O) groups excluding carboxylic acids is 1. The Bertz CT molecular complexity index is 1090. The zero-order valence-electron chi connectivity index (χ0n) is 17.5. The molecule has 0 spiro atoms. The fourth-order valence-corrected chi connectivity index (χ4v) is 3.18. The number of hydrogen-bond donors (Lipinski definition) is 0. The van der Waals surface area contributed by atoms with Crippen LogP contribution in [0.5, 0.6) is 5.75 Å². The van der Waals surface area contributed by atoms with Gasteiger partial charge in [0.05, 0.1) is 17.7 Å². The molecule has 5 heteroatoms. The topological polar surface area (TPSA) is 65.7 Å². The van der Waals surface area contributed by atoms with Crippen LogP contribution in [-0.2, 0) is 16.8 Å². The molecular weight excluding hydrogens is 368 g/mol. The zero-order chi connectivity index (χ0) is 21.2. The Labute approximate surface area is 170 Å². The Hall–Kier alpha value is -3.08. The Kier molecular flexibility index (Phi) is 5.78. The summed E-state index contributed by atoms with van der Waals surface area (Å²) in [6, 6.07) is 12.5. The summed E-state index contributed by atoms with van der Waals surface area (Å²) in [6.45, 7) is 10.4. The molecule has 2 aromatic carbocycles. The number of rotatable bonds is 5. The average Bonchev–Trinajstić information content (AvgIpc) is 2.66. The van der Waals surface area contributed by atoms with Crippen molar-refractivity contribution >= 4 is 16.9 Å². The van der Waals surface area contributed by atoms with Crippen LogP contribution >= 0.6 is 0 Å². The molecule has 0 unspecified atom stereocenters. The van der Waals surface area contributed by atoms with E-state index in [4.69, 9.17) is 13.9 Å². The van der Waals surface area contributed by atoms with Crippen LogP contribution in [-0.4, -0.2) is 12.6 Å². The van der Waals surface area contributed by atoms with Crippen molar-refractivity contribution in [2.75, 3.05) is 6.61 Å². The number of hydrogen-bond acceptors (Lipinski definition) is 5. The number of carbonyl (C=O) groups is 1. The van der Waals surface area contributed by atoms with Crippen molar-refractivity contribution < 1.29 is 18.7 Å². The van der Waals surface area contributed by atoms with Gasteiger partial charge in [-0.1, -0.05) is 32.9 Å². The van der Waals surface area contributed by atoms with Crippen LogP contribution in [0.2, 0.25) is 0 Å². The van der Waals surface area contributed by atoms with E-state index >= 15 is 0 Å². The van der Waals surface area contributed by atoms with E-state index in [1.807, 2.05) is 32.0 Å². The zero-order valence-corrected chi connectivity index (χ0v) is 17.5. The van der Waals surface area contributed by atoms with Gasteiger partial charge in [-0.15, -0.1) is 0 Å². The van der Waals surface area contributed by atoms with Gasteiger partial charge in [0, 0.05) is 11.5 Å². The molecule has 0 aliphatic heterocycles. The Morgan fingerprint density at radius 1 is 1.07 bits per heavy atom. The predicted octanol–water partition coefficient (Wildman–Crippen LogP) is 5.15. The number of fused-ring (bicyclic) bond motifs is 1. The highest BCUT2D eigenvalue weighted by Gasteiger charge is 2.18. The van der Waals surface area contributed by atoms with Crippen molar-refractivity contribution in [2.45, 2.75) is 46.6 Å². The molecule has 5 nitrogen and oxygen atoms in total. The predicted molar refractivity (Wildman–Crippen MR) is 113 cm³/mol. The van der Waals surface area contributed by atoms with Crippen molar-refractivity contribution in [2.24, 2.45) is 0 Å². The van der Waals surface area contributed by atoms with E-state index in [1.165, 1.54) is 6.07 Å². The Balaban J connectivity index is 1.90. The lowest BCUT2D eigenvalue weighted by molar-refractivity contribution is 0.0470. The van der Waals surface area contributed by atoms with E-state index in [1.54, 1.807) is 18.2 Å². The third-order valence-corrected chi connectivity index (χ3v) is 4.81. The van der Waals surface area contributed by atoms with Crippen LogP contribution in [0.25, 0.3) is 11.0 Å². The minimum absolute atomic E-state index is 0.00713. The van der Waals surface area contributed by atoms with Crippen LogP contribution in [0.15, 0.2) is 51.7 Å². The van der Waals surface area contributed by atoms with Crippen molar-refractivity contribution in [1.82, 2.24) is 0 Å². The van der Waals surface area contributed by atoms with Crippen LogP contribution in [0.3, 0.4) is 0 Å². The first-order valence-electron chi connectivity index (χ1n) is 9.67. The van der Waals surface area contributed by atoms with Crippen molar-refractivity contribution in [3.8, 4) is 5.75 Å². The number of benzene rings is 2. The molecule has 3 rings (SSSR count). The van der Waals surface area contributed by atoms with Crippen LogP contribution < -0.4 is 10.4 Å². The van der Waals surface area contributed by atoms with Gasteiger partial charge >= 0.3 is 11.6 Å². The molecule has 3 aromatic rings. The molecule has 0 aliphatic carbocycles. The molecule has 0 saturated carbocycles. The van der Waals surface area contributed by atoms with Gasteiger partial charge in [0.2, 0.25) is 0 Å². The monoisotopic (exact) mass is 394 g/mol. The van der Waals surface area contributed by atoms with E-state index in [9.17, 15) is 9.59 Å². The van der Waals surface area contributed by atoms with Gasteiger partial charge in [-0.05, 0) is 54.7 Å². The summed E-state index contributed by atoms with van der Waals surface area (Å²) in [5.41, 5.74) is 2.89. The number of aryl methyl sites for hydroxylation is 1. The lowest BCUT2D eigenvalue weighted by atomic mass is 9.87. The van der Waals surface area contributed by atoms with Gasteiger partial charge in [0.25, 0.3) is 0 Å². The average molecular weight is 394 g/mol. The summed E-state index contributed by atoms with van der Waals surface area (Å²) < 4.78 is 16.6. The highest BCUT2D eigenvalue weighted by molar-refractivity contribution is 5.90. The lowest BCUT2D eigenvalue weighted by Gasteiger charge is -2.19. The Morgan fingerprint density at radius 3 is 2.38 bits per heavy atom. The molecular formula is C24H26O5. The van der Waals surface area contributed by atoms with Crippen molar-refractivity contribution in [3.63, 3.8) is 0 Å². The maximum atomic E-state index is 12.6. The minimum atomic E-state index is -0.450. The molecule has 0 N–H and O–H groups in total. The third kappa shape index (κ3) is 4.50. The van der Waals surface area contributed by atoms with Crippen LogP contribution in [0.4, 0.5) is 0 Å². The molecule has 1 aromatic heterocycles. The van der Waals surface area contributed by atoms with Crippen molar-refractivity contribution in [3.05, 3.63) is 75.1 Å². The second-order valence-corrected chi connectivity index (χ2v) is 8.00. The largest absolute Gasteiger partial charge is 0.493 e. The van der Waals surface area contributed by atoms with Gasteiger partial charge in [-0.3, -0.25) is 0 Å². The first kappa shape index (κ1) is 20.6. The first-order chi connectivity index (χ1) is 13.7. The maximum absolute atomic E-state index is 12.6. The fourth-order valence-electron chi connectivity index (χ4n) is 3.18. The molecule has 152 valence electrons. The summed E-state index contributed by atoms with van der Waals surface area (Å²) in [4.78, 5) is 24.4. The second-order valence-electron chi connectivity index (χ2n) is 8.00. The third-order valence-electron chi connectivity index (χ3n) is 4.81. The highest BCUT2D eigenvalue weighted by atomic mass is 16.5. The summed E-state index contributed by atoms with van der Waals surface area (Å²) in [5.74, 6) is 0.0875. The van der Waals surface area contributed by atoms with E-state index in [2.05, 4.69) is 20.8 Å². The summed E-state index contributed by atoms with van der Waals surface area (Å²) in [5, 5.41) is 0.786.